The molecule has 3 aromatic rings. The number of likely N-dealkylation sites (N-methyl/N-ethyl adjacent to an activating group) is 1. The van der Waals surface area contributed by atoms with Gasteiger partial charge in [0.25, 0.3) is 0 Å². The topological polar surface area (TPSA) is 129 Å². The lowest BCUT2D eigenvalue weighted by atomic mass is 10.0. The first-order valence-electron chi connectivity index (χ1n) is 11.6. The number of fused-ring (bicyclic) bond motifs is 1. The van der Waals surface area contributed by atoms with Crippen LogP contribution in [0.4, 0.5) is 20.2 Å². The first kappa shape index (κ1) is 26.4. The molecule has 0 spiro atoms. The molecule has 0 saturated heterocycles. The largest absolute Gasteiger partial charge is 0.489 e. The zero-order chi connectivity index (χ0) is 27.6. The normalized spacial score (nSPS) is 16.3. The van der Waals surface area contributed by atoms with Crippen molar-refractivity contribution < 1.29 is 33.0 Å². The number of nitrogens with zero attached hydrogens (tertiary/aromatic N) is 2. The summed E-state index contributed by atoms with van der Waals surface area (Å²) in [6.45, 7) is 2.13. The highest BCUT2D eigenvalue weighted by Gasteiger charge is 2.36. The number of amides is 1. The molecule has 11 heteroatoms. The number of ether oxygens (including phenoxy) is 2. The first-order chi connectivity index (χ1) is 17.9. The van der Waals surface area contributed by atoms with E-state index in [0.717, 1.165) is 17.0 Å². The van der Waals surface area contributed by atoms with Crippen LogP contribution < -0.4 is 25.0 Å². The van der Waals surface area contributed by atoms with E-state index in [1.165, 1.54) is 6.07 Å². The lowest BCUT2D eigenvalue weighted by molar-refractivity contribution is -0.148. The quantitative estimate of drug-likeness (QED) is 0.245. The van der Waals surface area contributed by atoms with Crippen LogP contribution in [0.1, 0.15) is 18.1 Å². The highest BCUT2D eigenvalue weighted by molar-refractivity contribution is 6.37. The van der Waals surface area contributed by atoms with Gasteiger partial charge in [-0.25, -0.2) is 13.6 Å². The molecule has 38 heavy (non-hydrogen) atoms. The van der Waals surface area contributed by atoms with Gasteiger partial charge in [-0.05, 0) is 67.1 Å². The molecule has 1 aliphatic rings. The average molecular weight is 525 g/mol. The highest BCUT2D eigenvalue weighted by atomic mass is 19.1. The van der Waals surface area contributed by atoms with Gasteiger partial charge in [-0.2, -0.15) is 0 Å². The maximum Gasteiger partial charge on any atom is 0.394 e. The number of carbonyl (C=O) groups excluding carboxylic acids is 1. The van der Waals surface area contributed by atoms with Crippen LogP contribution in [0.3, 0.4) is 0 Å². The number of carboxylic acid groups (broad SMARTS) is 1. The number of halogens is 2. The molecule has 4 rings (SSSR count). The number of rotatable bonds is 7. The molecule has 1 unspecified atom stereocenters. The molecular weight excluding hydrogens is 498 g/mol. The van der Waals surface area contributed by atoms with Crippen LogP contribution in [0, 0.1) is 17.0 Å². The van der Waals surface area contributed by atoms with Crippen molar-refractivity contribution in [3.05, 3.63) is 83.4 Å². The van der Waals surface area contributed by atoms with Crippen molar-refractivity contribution in [1.29, 1.82) is 5.41 Å². The van der Waals surface area contributed by atoms with Gasteiger partial charge in [-0.1, -0.05) is 0 Å². The summed E-state index contributed by atoms with van der Waals surface area (Å²) in [6.07, 6.45) is 0. The van der Waals surface area contributed by atoms with Crippen LogP contribution in [0.5, 0.6) is 11.5 Å². The number of carboxylic acids is 1. The molecule has 1 amide bonds. The second-order valence-corrected chi connectivity index (χ2v) is 9.26. The number of carbonyl (C=O) groups is 2. The second-order valence-electron chi connectivity index (χ2n) is 9.26. The van der Waals surface area contributed by atoms with Crippen molar-refractivity contribution in [2.24, 2.45) is 5.73 Å². The van der Waals surface area contributed by atoms with E-state index in [9.17, 15) is 23.5 Å². The minimum atomic E-state index is -1.70. The van der Waals surface area contributed by atoms with Crippen molar-refractivity contribution in [2.75, 3.05) is 30.0 Å². The fraction of sp³-hybridized carbons (Fsp3) is 0.222. The van der Waals surface area contributed by atoms with Gasteiger partial charge >= 0.3 is 11.9 Å². The third-order valence-corrected chi connectivity index (χ3v) is 5.99. The molecule has 0 fully saturated rings. The Hall–Kier alpha value is -4.67. The van der Waals surface area contributed by atoms with Crippen molar-refractivity contribution in [3.63, 3.8) is 0 Å². The zero-order valence-corrected chi connectivity index (χ0v) is 20.7. The van der Waals surface area contributed by atoms with Gasteiger partial charge in [-0.3, -0.25) is 15.1 Å². The number of hydrogen-bond acceptors (Lipinski definition) is 6. The van der Waals surface area contributed by atoms with E-state index in [1.54, 1.807) is 36.4 Å². The molecule has 0 aliphatic carbocycles. The third kappa shape index (κ3) is 5.83. The Morgan fingerprint density at radius 1 is 1.13 bits per heavy atom. The van der Waals surface area contributed by atoms with Crippen LogP contribution in [0.25, 0.3) is 0 Å². The average Bonchev–Trinajstić information content (AvgIpc) is 2.85. The Morgan fingerprint density at radius 3 is 2.39 bits per heavy atom. The standard InChI is InChI=1S/C27H26F2N4O5/c1-27(15-37-21-6-3-17(4-7-21)24(30)31)14-32(2)22-12-20(5-8-23(22)38-27)33(25(34)26(35)36)13-16-9-18(28)11-19(29)10-16/h3-12H,13-15H2,1-2H3,(H3,30,31)(H,35,36). The van der Waals surface area contributed by atoms with Crippen LogP contribution in [-0.2, 0) is 16.1 Å². The number of amidine groups is 1. The Balaban J connectivity index is 1.55. The molecule has 1 heterocycles. The molecule has 1 aliphatic heterocycles. The van der Waals surface area contributed by atoms with E-state index in [-0.39, 0.29) is 30.2 Å². The van der Waals surface area contributed by atoms with E-state index in [2.05, 4.69) is 0 Å². The predicted octanol–water partition coefficient (Wildman–Crippen LogP) is 3.53. The number of aliphatic carboxylic acids is 1. The molecule has 198 valence electrons. The van der Waals surface area contributed by atoms with Gasteiger partial charge in [0.2, 0.25) is 0 Å². The number of anilines is 2. The number of benzene rings is 3. The maximum atomic E-state index is 13.7. The SMILES string of the molecule is CN1CC(C)(COc2ccc(C(=N)N)cc2)Oc2ccc(N(Cc3cc(F)cc(F)c3)C(=O)C(=O)O)cc21. The lowest BCUT2D eigenvalue weighted by Crippen LogP contribution is -2.51. The van der Waals surface area contributed by atoms with Crippen molar-refractivity contribution in [2.45, 2.75) is 19.1 Å². The summed E-state index contributed by atoms with van der Waals surface area (Å²) in [5.74, 6) is -3.59. The van der Waals surface area contributed by atoms with Crippen LogP contribution >= 0.6 is 0 Å². The Labute approximate surface area is 217 Å². The molecule has 1 atom stereocenters. The van der Waals surface area contributed by atoms with E-state index in [1.807, 2.05) is 18.9 Å². The summed E-state index contributed by atoms with van der Waals surface area (Å²) in [5, 5.41) is 16.8. The monoisotopic (exact) mass is 524 g/mol. The molecule has 0 saturated carbocycles. The molecule has 0 radical (unpaired) electrons. The van der Waals surface area contributed by atoms with Crippen molar-refractivity contribution >= 4 is 29.1 Å². The van der Waals surface area contributed by atoms with Crippen LogP contribution in [0.15, 0.2) is 60.7 Å². The van der Waals surface area contributed by atoms with Gasteiger partial charge in [0, 0.05) is 24.4 Å². The zero-order valence-electron chi connectivity index (χ0n) is 20.7. The summed E-state index contributed by atoms with van der Waals surface area (Å²) in [7, 11) is 1.82. The molecule has 3 aromatic carbocycles. The Bertz CT molecular complexity index is 1380. The predicted molar refractivity (Wildman–Crippen MR) is 137 cm³/mol. The Morgan fingerprint density at radius 2 is 1.79 bits per heavy atom. The van der Waals surface area contributed by atoms with E-state index >= 15 is 0 Å². The number of nitrogens with two attached hydrogens (primary N) is 1. The minimum Gasteiger partial charge on any atom is -0.489 e. The van der Waals surface area contributed by atoms with Crippen LogP contribution in [-0.4, -0.2) is 48.6 Å². The van der Waals surface area contributed by atoms with Gasteiger partial charge in [0.05, 0.1) is 18.8 Å². The highest BCUT2D eigenvalue weighted by Crippen LogP contribution is 2.39. The summed E-state index contributed by atoms with van der Waals surface area (Å²) < 4.78 is 39.5. The number of nitrogens with one attached hydrogen (secondary N) is 1. The van der Waals surface area contributed by atoms with Gasteiger partial charge in [-0.15, -0.1) is 0 Å². The maximum absolute atomic E-state index is 13.7. The van der Waals surface area contributed by atoms with Gasteiger partial charge < -0.3 is 25.2 Å². The summed E-state index contributed by atoms with van der Waals surface area (Å²) in [5.41, 5.74) is 6.23. The summed E-state index contributed by atoms with van der Waals surface area (Å²) in [6, 6.07) is 14.3. The second kappa shape index (κ2) is 10.4. The molecular formula is C27H26F2N4O5. The van der Waals surface area contributed by atoms with E-state index in [0.29, 0.717) is 35.4 Å². The fourth-order valence-electron chi connectivity index (χ4n) is 4.27. The summed E-state index contributed by atoms with van der Waals surface area (Å²) >= 11 is 0. The first-order valence-corrected chi connectivity index (χ1v) is 11.6. The molecule has 9 nitrogen and oxygen atoms in total. The number of nitrogen functional groups attached to an aromatic ring is 1. The lowest BCUT2D eigenvalue weighted by Gasteiger charge is -2.41. The summed E-state index contributed by atoms with van der Waals surface area (Å²) in [4.78, 5) is 26.8. The number of hydrogen-bond donors (Lipinski definition) is 3. The molecule has 0 bridgehead atoms. The smallest absolute Gasteiger partial charge is 0.394 e. The molecule has 4 N–H and O–H groups in total. The van der Waals surface area contributed by atoms with Gasteiger partial charge in [0.1, 0.15) is 35.6 Å². The van der Waals surface area contributed by atoms with Gasteiger partial charge in [0.15, 0.2) is 5.60 Å². The fourth-order valence-corrected chi connectivity index (χ4v) is 4.27. The molecule has 0 aromatic heterocycles. The Kier molecular flexibility index (Phi) is 7.20. The minimum absolute atomic E-state index is 0.0385. The van der Waals surface area contributed by atoms with E-state index < -0.39 is 29.1 Å². The van der Waals surface area contributed by atoms with Crippen molar-refractivity contribution in [1.82, 2.24) is 0 Å². The third-order valence-electron chi connectivity index (χ3n) is 5.99. The van der Waals surface area contributed by atoms with E-state index in [4.69, 9.17) is 20.6 Å². The van der Waals surface area contributed by atoms with Crippen LogP contribution in [0.2, 0.25) is 0 Å². The van der Waals surface area contributed by atoms with Crippen molar-refractivity contribution in [3.8, 4) is 11.5 Å².